The molecule has 0 aliphatic heterocycles. The first-order valence-electron chi connectivity index (χ1n) is 11.2. The molecule has 0 bridgehead atoms. The summed E-state index contributed by atoms with van der Waals surface area (Å²) in [6, 6.07) is 11.4. The fraction of sp³-hybridized carbons (Fsp3) is 0.480. The van der Waals surface area contributed by atoms with Gasteiger partial charge in [0, 0.05) is 17.8 Å². The minimum absolute atomic E-state index is 0.0534. The summed E-state index contributed by atoms with van der Waals surface area (Å²) in [7, 11) is 0. The summed E-state index contributed by atoms with van der Waals surface area (Å²) in [5.74, 6) is 0.337. The molecule has 8 heteroatoms. The summed E-state index contributed by atoms with van der Waals surface area (Å²) >= 11 is 12.2. The minimum Gasteiger partial charge on any atom is -0.488 e. The molecule has 0 aromatic heterocycles. The number of carbonyl (C=O) groups is 1. The van der Waals surface area contributed by atoms with Crippen molar-refractivity contribution in [3.05, 3.63) is 57.6 Å². The smallest absolute Gasteiger partial charge is 0.238 e. The molecule has 0 saturated carbocycles. The fourth-order valence-corrected chi connectivity index (χ4v) is 3.98. The van der Waals surface area contributed by atoms with Crippen LogP contribution in [-0.4, -0.2) is 48.9 Å². The Morgan fingerprint density at radius 2 is 1.61 bits per heavy atom. The number of aryl methyl sites for hydroxylation is 2. The molecule has 0 radical (unpaired) electrons. The number of halogens is 2. The summed E-state index contributed by atoms with van der Waals surface area (Å²) in [4.78, 5) is 12.3. The SMILES string of the molecule is Cc1cccc(C)c1NC(=O)CNC(C)CCNC(C)CC(O)COc1c(Cl)cccc1Cl. The second-order valence-corrected chi connectivity index (χ2v) is 9.31. The van der Waals surface area contributed by atoms with E-state index < -0.39 is 6.10 Å². The molecule has 0 aliphatic carbocycles. The van der Waals surface area contributed by atoms with Gasteiger partial charge in [-0.3, -0.25) is 4.79 Å². The van der Waals surface area contributed by atoms with Crippen LogP contribution in [0.3, 0.4) is 0 Å². The van der Waals surface area contributed by atoms with Crippen LogP contribution in [0.1, 0.15) is 37.8 Å². The third kappa shape index (κ3) is 9.51. The molecule has 3 unspecified atom stereocenters. The van der Waals surface area contributed by atoms with Crippen molar-refractivity contribution >= 4 is 34.8 Å². The van der Waals surface area contributed by atoms with Crippen molar-refractivity contribution in [2.24, 2.45) is 0 Å². The maximum atomic E-state index is 12.3. The zero-order valence-electron chi connectivity index (χ0n) is 19.8. The average molecular weight is 496 g/mol. The molecule has 33 heavy (non-hydrogen) atoms. The van der Waals surface area contributed by atoms with Crippen LogP contribution in [0.15, 0.2) is 36.4 Å². The predicted molar refractivity (Wildman–Crippen MR) is 137 cm³/mol. The number of ether oxygens (including phenoxy) is 1. The second kappa shape index (κ2) is 13.8. The Hall–Kier alpha value is -1.83. The summed E-state index contributed by atoms with van der Waals surface area (Å²) in [6.45, 7) is 9.17. The minimum atomic E-state index is -0.649. The molecular formula is C25H35Cl2N3O3. The van der Waals surface area contributed by atoms with Crippen LogP contribution in [0.2, 0.25) is 10.0 Å². The van der Waals surface area contributed by atoms with Gasteiger partial charge >= 0.3 is 0 Å². The van der Waals surface area contributed by atoms with Crippen molar-refractivity contribution < 1.29 is 14.6 Å². The standard InChI is InChI=1S/C25H35Cl2N3O3/c1-16-7-5-8-17(2)24(16)30-23(32)14-29-18(3)11-12-28-19(4)13-20(31)15-33-25-21(26)9-6-10-22(25)27/h5-10,18-20,28-29,31H,11-15H2,1-4H3,(H,30,32). The second-order valence-electron chi connectivity index (χ2n) is 8.49. The molecule has 0 spiro atoms. The van der Waals surface area contributed by atoms with Crippen LogP contribution < -0.4 is 20.7 Å². The molecule has 3 atom stereocenters. The molecular weight excluding hydrogens is 461 g/mol. The van der Waals surface area contributed by atoms with Crippen LogP contribution >= 0.6 is 23.2 Å². The van der Waals surface area contributed by atoms with Gasteiger partial charge in [0.05, 0.1) is 22.7 Å². The van der Waals surface area contributed by atoms with Gasteiger partial charge in [-0.05, 0) is 70.3 Å². The van der Waals surface area contributed by atoms with Gasteiger partial charge in [0.25, 0.3) is 0 Å². The quantitative estimate of drug-likeness (QED) is 0.323. The van der Waals surface area contributed by atoms with Crippen LogP contribution in [0.4, 0.5) is 5.69 Å². The van der Waals surface area contributed by atoms with Gasteiger partial charge in [0.1, 0.15) is 6.61 Å². The number of carbonyl (C=O) groups excluding carboxylic acids is 1. The number of amides is 1. The summed E-state index contributed by atoms with van der Waals surface area (Å²) in [5, 5.41) is 20.8. The number of anilines is 1. The van der Waals surface area contributed by atoms with E-state index in [1.807, 2.05) is 39.0 Å². The van der Waals surface area contributed by atoms with Gasteiger partial charge in [-0.2, -0.15) is 0 Å². The Morgan fingerprint density at radius 1 is 1.00 bits per heavy atom. The molecule has 1 amide bonds. The molecule has 6 nitrogen and oxygen atoms in total. The van der Waals surface area contributed by atoms with Gasteiger partial charge in [0.15, 0.2) is 5.75 Å². The Labute approximate surface area is 207 Å². The van der Waals surface area contributed by atoms with Gasteiger partial charge < -0.3 is 25.8 Å². The lowest BCUT2D eigenvalue weighted by molar-refractivity contribution is -0.115. The summed E-state index contributed by atoms with van der Waals surface area (Å²) in [6.07, 6.45) is 0.731. The van der Waals surface area contributed by atoms with Gasteiger partial charge in [-0.25, -0.2) is 0 Å². The molecule has 2 aromatic rings. The number of para-hydroxylation sites is 2. The Balaban J connectivity index is 1.62. The lowest BCUT2D eigenvalue weighted by Gasteiger charge is -2.20. The van der Waals surface area contributed by atoms with E-state index in [0.29, 0.717) is 22.2 Å². The molecule has 2 rings (SSSR count). The highest BCUT2D eigenvalue weighted by molar-refractivity contribution is 6.37. The third-order valence-corrected chi connectivity index (χ3v) is 5.99. The van der Waals surface area contributed by atoms with Crippen LogP contribution in [0.5, 0.6) is 5.75 Å². The summed E-state index contributed by atoms with van der Waals surface area (Å²) in [5.41, 5.74) is 2.99. The first-order chi connectivity index (χ1) is 15.7. The van der Waals surface area contributed by atoms with Gasteiger partial charge in [-0.1, -0.05) is 47.5 Å². The zero-order valence-corrected chi connectivity index (χ0v) is 21.3. The van der Waals surface area contributed by atoms with Crippen LogP contribution in [0.25, 0.3) is 0 Å². The normalized spacial score (nSPS) is 13.9. The van der Waals surface area contributed by atoms with E-state index in [1.54, 1.807) is 18.2 Å². The monoisotopic (exact) mass is 495 g/mol. The molecule has 4 N–H and O–H groups in total. The number of aliphatic hydroxyl groups excluding tert-OH is 1. The molecule has 0 heterocycles. The number of hydrogen-bond donors (Lipinski definition) is 4. The number of benzene rings is 2. The highest BCUT2D eigenvalue weighted by atomic mass is 35.5. The van der Waals surface area contributed by atoms with Crippen molar-refractivity contribution in [1.82, 2.24) is 10.6 Å². The first kappa shape index (κ1) is 27.4. The molecule has 0 fully saturated rings. The largest absolute Gasteiger partial charge is 0.488 e. The lowest BCUT2D eigenvalue weighted by atomic mass is 10.1. The maximum absolute atomic E-state index is 12.3. The van der Waals surface area contributed by atoms with Crippen molar-refractivity contribution in [1.29, 1.82) is 0 Å². The van der Waals surface area contributed by atoms with Crippen molar-refractivity contribution in [3.8, 4) is 5.75 Å². The molecule has 0 aliphatic rings. The molecule has 2 aromatic carbocycles. The number of hydrogen-bond acceptors (Lipinski definition) is 5. The van der Waals surface area contributed by atoms with Crippen LogP contribution in [0, 0.1) is 13.8 Å². The van der Waals surface area contributed by atoms with Crippen molar-refractivity contribution in [2.45, 2.75) is 58.7 Å². The number of nitrogens with one attached hydrogen (secondary N) is 3. The predicted octanol–water partition coefficient (Wildman–Crippen LogP) is 4.73. The Kier molecular flexibility index (Phi) is 11.4. The van der Waals surface area contributed by atoms with Crippen molar-refractivity contribution in [2.75, 3.05) is 25.0 Å². The third-order valence-electron chi connectivity index (χ3n) is 5.39. The van der Waals surface area contributed by atoms with E-state index in [0.717, 1.165) is 29.8 Å². The fourth-order valence-electron chi connectivity index (χ4n) is 3.47. The van der Waals surface area contributed by atoms with E-state index in [1.165, 1.54) is 0 Å². The number of rotatable bonds is 13. The topological polar surface area (TPSA) is 82.6 Å². The highest BCUT2D eigenvalue weighted by Gasteiger charge is 2.14. The lowest BCUT2D eigenvalue weighted by Crippen LogP contribution is -2.38. The van der Waals surface area contributed by atoms with E-state index in [4.69, 9.17) is 27.9 Å². The van der Waals surface area contributed by atoms with E-state index >= 15 is 0 Å². The van der Waals surface area contributed by atoms with E-state index in [2.05, 4.69) is 22.9 Å². The Bertz CT molecular complexity index is 870. The molecule has 0 saturated heterocycles. The Morgan fingerprint density at radius 3 is 2.24 bits per heavy atom. The average Bonchev–Trinajstić information content (AvgIpc) is 2.74. The van der Waals surface area contributed by atoms with Gasteiger partial charge in [0.2, 0.25) is 5.91 Å². The first-order valence-corrected chi connectivity index (χ1v) is 12.0. The van der Waals surface area contributed by atoms with Crippen LogP contribution in [-0.2, 0) is 4.79 Å². The maximum Gasteiger partial charge on any atom is 0.238 e. The van der Waals surface area contributed by atoms with Crippen molar-refractivity contribution in [3.63, 3.8) is 0 Å². The molecule has 182 valence electrons. The van der Waals surface area contributed by atoms with E-state index in [-0.39, 0.29) is 31.1 Å². The summed E-state index contributed by atoms with van der Waals surface area (Å²) < 4.78 is 5.60. The van der Waals surface area contributed by atoms with E-state index in [9.17, 15) is 9.90 Å². The zero-order chi connectivity index (χ0) is 24.4. The van der Waals surface area contributed by atoms with Gasteiger partial charge in [-0.15, -0.1) is 0 Å². The number of aliphatic hydroxyl groups is 1. The highest BCUT2D eigenvalue weighted by Crippen LogP contribution is 2.32.